The molecule has 0 bridgehead atoms. The van der Waals surface area contributed by atoms with E-state index in [1.54, 1.807) is 0 Å². The smallest absolute Gasteiger partial charge is 0.212 e. The Bertz CT molecular complexity index is 433. The molecule has 0 spiro atoms. The third-order valence-corrected chi connectivity index (χ3v) is 6.61. The molecule has 5 nitrogen and oxygen atoms in total. The second-order valence-corrected chi connectivity index (χ2v) is 8.53. The van der Waals surface area contributed by atoms with Gasteiger partial charge in [-0.15, -0.1) is 0 Å². The molecule has 122 valence electrons. The summed E-state index contributed by atoms with van der Waals surface area (Å²) in [5.41, 5.74) is 0. The van der Waals surface area contributed by atoms with Crippen molar-refractivity contribution in [1.82, 2.24) is 4.72 Å². The van der Waals surface area contributed by atoms with Crippen molar-refractivity contribution >= 4 is 10.0 Å². The molecule has 0 aromatic heterocycles. The number of fused-ring (bicyclic) bond motifs is 1. The lowest BCUT2D eigenvalue weighted by atomic mass is 9.90. The van der Waals surface area contributed by atoms with Crippen LogP contribution >= 0.6 is 0 Å². The molecule has 2 aliphatic carbocycles. The van der Waals surface area contributed by atoms with E-state index in [0.29, 0.717) is 24.9 Å². The maximum Gasteiger partial charge on any atom is 0.212 e. The van der Waals surface area contributed by atoms with Crippen molar-refractivity contribution in [3.05, 3.63) is 0 Å². The molecule has 0 aromatic carbocycles. The largest absolute Gasteiger partial charge is 0.373 e. The van der Waals surface area contributed by atoms with Gasteiger partial charge in [0.15, 0.2) is 0 Å². The molecule has 1 saturated heterocycles. The standard InChI is InChI=1S/C15H27NO4S/c17-21(18,11-12-4-2-1-3-5-12)16-13-6-7-14-15(10-13)20-9-8-19-14/h12-16H,1-11H2. The van der Waals surface area contributed by atoms with Gasteiger partial charge in [0.05, 0.1) is 31.2 Å². The molecule has 0 aromatic rings. The van der Waals surface area contributed by atoms with E-state index < -0.39 is 10.0 Å². The molecule has 1 heterocycles. The van der Waals surface area contributed by atoms with Crippen LogP contribution in [0.15, 0.2) is 0 Å². The molecule has 2 saturated carbocycles. The van der Waals surface area contributed by atoms with Crippen molar-refractivity contribution in [3.63, 3.8) is 0 Å². The second-order valence-electron chi connectivity index (χ2n) is 6.73. The Morgan fingerprint density at radius 2 is 1.62 bits per heavy atom. The first-order chi connectivity index (χ1) is 10.1. The number of hydrogen-bond donors (Lipinski definition) is 1. The van der Waals surface area contributed by atoms with E-state index in [9.17, 15) is 8.42 Å². The topological polar surface area (TPSA) is 64.6 Å². The average Bonchev–Trinajstić information content (AvgIpc) is 2.47. The third-order valence-electron chi connectivity index (χ3n) is 5.00. The second kappa shape index (κ2) is 6.94. The SMILES string of the molecule is O=S(=O)(CC1CCCCC1)NC1CCC2OCCOC2C1. The molecule has 3 atom stereocenters. The van der Waals surface area contributed by atoms with Crippen LogP contribution in [0, 0.1) is 5.92 Å². The zero-order valence-electron chi connectivity index (χ0n) is 12.6. The fourth-order valence-corrected chi connectivity index (χ4v) is 5.71. The molecule has 3 rings (SSSR count). The van der Waals surface area contributed by atoms with Gasteiger partial charge < -0.3 is 9.47 Å². The zero-order chi connectivity index (χ0) is 14.7. The van der Waals surface area contributed by atoms with Gasteiger partial charge in [-0.3, -0.25) is 0 Å². The molecule has 3 fully saturated rings. The maximum atomic E-state index is 12.3. The summed E-state index contributed by atoms with van der Waals surface area (Å²) >= 11 is 0. The molecule has 1 aliphatic heterocycles. The summed E-state index contributed by atoms with van der Waals surface area (Å²) in [5.74, 6) is 0.649. The molecule has 21 heavy (non-hydrogen) atoms. The third kappa shape index (κ3) is 4.41. The summed E-state index contributed by atoms with van der Waals surface area (Å²) in [5, 5.41) is 0. The van der Waals surface area contributed by atoms with Crippen molar-refractivity contribution in [2.75, 3.05) is 19.0 Å². The van der Waals surface area contributed by atoms with Crippen molar-refractivity contribution in [2.45, 2.75) is 69.6 Å². The van der Waals surface area contributed by atoms with Gasteiger partial charge in [-0.1, -0.05) is 19.3 Å². The fraction of sp³-hybridized carbons (Fsp3) is 1.00. The van der Waals surface area contributed by atoms with Crippen molar-refractivity contribution in [2.24, 2.45) is 5.92 Å². The molecule has 0 amide bonds. The van der Waals surface area contributed by atoms with E-state index >= 15 is 0 Å². The first kappa shape index (κ1) is 15.7. The van der Waals surface area contributed by atoms with Gasteiger partial charge in [-0.2, -0.15) is 0 Å². The number of hydrogen-bond acceptors (Lipinski definition) is 4. The highest BCUT2D eigenvalue weighted by atomic mass is 32.2. The summed E-state index contributed by atoms with van der Waals surface area (Å²) in [6.07, 6.45) is 8.46. The monoisotopic (exact) mass is 317 g/mol. The van der Waals surface area contributed by atoms with E-state index in [0.717, 1.165) is 32.1 Å². The molecule has 6 heteroatoms. The van der Waals surface area contributed by atoms with Crippen LogP contribution in [0.1, 0.15) is 51.4 Å². The minimum absolute atomic E-state index is 0.0153. The molecule has 3 unspecified atom stereocenters. The van der Waals surface area contributed by atoms with Crippen LogP contribution in [0.3, 0.4) is 0 Å². The lowest BCUT2D eigenvalue weighted by Crippen LogP contribution is -2.49. The van der Waals surface area contributed by atoms with E-state index in [2.05, 4.69) is 4.72 Å². The van der Waals surface area contributed by atoms with E-state index in [-0.39, 0.29) is 18.2 Å². The highest BCUT2D eigenvalue weighted by molar-refractivity contribution is 7.89. The Hall–Kier alpha value is -0.170. The predicted octanol–water partition coefficient (Wildman–Crippen LogP) is 1.82. The number of rotatable bonds is 4. The molecule has 0 radical (unpaired) electrons. The quantitative estimate of drug-likeness (QED) is 0.859. The Morgan fingerprint density at radius 1 is 0.905 bits per heavy atom. The van der Waals surface area contributed by atoms with E-state index in [4.69, 9.17) is 9.47 Å². The van der Waals surface area contributed by atoms with Crippen LogP contribution in [-0.2, 0) is 19.5 Å². The van der Waals surface area contributed by atoms with Gasteiger partial charge in [0.2, 0.25) is 10.0 Å². The van der Waals surface area contributed by atoms with Gasteiger partial charge in [0.1, 0.15) is 0 Å². The Labute approximate surface area is 127 Å². The van der Waals surface area contributed by atoms with Crippen molar-refractivity contribution < 1.29 is 17.9 Å². The van der Waals surface area contributed by atoms with Gasteiger partial charge in [-0.05, 0) is 38.0 Å². The summed E-state index contributed by atoms with van der Waals surface area (Å²) in [4.78, 5) is 0. The molecular weight excluding hydrogens is 290 g/mol. The predicted molar refractivity (Wildman–Crippen MR) is 80.6 cm³/mol. The summed E-state index contributed by atoms with van der Waals surface area (Å²) in [6.45, 7) is 1.29. The van der Waals surface area contributed by atoms with Gasteiger partial charge >= 0.3 is 0 Å². The van der Waals surface area contributed by atoms with Crippen LogP contribution < -0.4 is 4.72 Å². The van der Waals surface area contributed by atoms with E-state index in [1.807, 2.05) is 0 Å². The van der Waals surface area contributed by atoms with Crippen LogP contribution in [0.4, 0.5) is 0 Å². The van der Waals surface area contributed by atoms with Gasteiger partial charge in [-0.25, -0.2) is 13.1 Å². The summed E-state index contributed by atoms with van der Waals surface area (Å²) in [7, 11) is -3.17. The average molecular weight is 317 g/mol. The summed E-state index contributed by atoms with van der Waals surface area (Å²) in [6, 6.07) is 0.0153. The molecule has 3 aliphatic rings. The van der Waals surface area contributed by atoms with Crippen molar-refractivity contribution in [1.29, 1.82) is 0 Å². The van der Waals surface area contributed by atoms with Crippen LogP contribution in [0.2, 0.25) is 0 Å². The normalized spacial score (nSPS) is 35.3. The highest BCUT2D eigenvalue weighted by Crippen LogP contribution is 2.28. The first-order valence-corrected chi connectivity index (χ1v) is 10.0. The number of sulfonamides is 1. The van der Waals surface area contributed by atoms with Crippen molar-refractivity contribution in [3.8, 4) is 0 Å². The minimum atomic E-state index is -3.17. The van der Waals surface area contributed by atoms with Gasteiger partial charge in [0.25, 0.3) is 0 Å². The van der Waals surface area contributed by atoms with Crippen LogP contribution in [0.25, 0.3) is 0 Å². The van der Waals surface area contributed by atoms with Crippen LogP contribution in [0.5, 0.6) is 0 Å². The van der Waals surface area contributed by atoms with Gasteiger partial charge in [0, 0.05) is 6.04 Å². The molecule has 1 N–H and O–H groups in total. The lowest BCUT2D eigenvalue weighted by molar-refractivity contribution is -0.156. The highest BCUT2D eigenvalue weighted by Gasteiger charge is 2.36. The Balaban J connectivity index is 1.50. The zero-order valence-corrected chi connectivity index (χ0v) is 13.4. The first-order valence-electron chi connectivity index (χ1n) is 8.35. The minimum Gasteiger partial charge on any atom is -0.373 e. The maximum absolute atomic E-state index is 12.3. The number of ether oxygens (including phenoxy) is 2. The number of nitrogens with one attached hydrogen (secondary N) is 1. The van der Waals surface area contributed by atoms with E-state index in [1.165, 1.54) is 19.3 Å². The van der Waals surface area contributed by atoms with Crippen LogP contribution in [-0.4, -0.2) is 45.6 Å². The Morgan fingerprint density at radius 3 is 2.38 bits per heavy atom. The Kier molecular flexibility index (Phi) is 5.19. The fourth-order valence-electron chi connectivity index (χ4n) is 3.94. The molecular formula is C15H27NO4S. The summed E-state index contributed by atoms with van der Waals surface area (Å²) < 4.78 is 39.0. The lowest BCUT2D eigenvalue weighted by Gasteiger charge is -2.39.